The molecule has 0 aliphatic carbocycles. The first-order chi connectivity index (χ1) is 13.1. The molecule has 3 aromatic heterocycles. The van der Waals surface area contributed by atoms with Crippen molar-refractivity contribution in [1.29, 1.82) is 0 Å². The second-order valence-corrected chi connectivity index (χ2v) is 7.85. The molecule has 2 aromatic carbocycles. The van der Waals surface area contributed by atoms with Gasteiger partial charge in [-0.1, -0.05) is 46.7 Å². The van der Waals surface area contributed by atoms with Crippen LogP contribution in [0.2, 0.25) is 5.02 Å². The standard InChI is InChI=1S/C20H14ClN5S/c1-11-3-8-16-15(9-11)12(2)18(24-23-16)17-10-26-20(22-17)27-19(25-26)13-4-6-14(21)7-5-13/h3-10H,1-2H3. The van der Waals surface area contributed by atoms with E-state index in [0.29, 0.717) is 5.02 Å². The summed E-state index contributed by atoms with van der Waals surface area (Å²) in [5.41, 5.74) is 5.76. The van der Waals surface area contributed by atoms with Crippen LogP contribution in [0.1, 0.15) is 11.1 Å². The van der Waals surface area contributed by atoms with Gasteiger partial charge in [-0.2, -0.15) is 5.10 Å². The largest absolute Gasteiger partial charge is 0.216 e. The van der Waals surface area contributed by atoms with E-state index in [1.165, 1.54) is 16.9 Å². The highest BCUT2D eigenvalue weighted by Gasteiger charge is 2.15. The molecule has 0 unspecified atom stereocenters. The van der Waals surface area contributed by atoms with Crippen LogP contribution in [0.25, 0.3) is 37.8 Å². The molecule has 3 heterocycles. The Morgan fingerprint density at radius 2 is 1.81 bits per heavy atom. The number of benzene rings is 2. The van der Waals surface area contributed by atoms with Crippen molar-refractivity contribution < 1.29 is 0 Å². The van der Waals surface area contributed by atoms with Gasteiger partial charge in [0.05, 0.1) is 11.7 Å². The van der Waals surface area contributed by atoms with Crippen molar-refractivity contribution >= 4 is 38.8 Å². The molecule has 132 valence electrons. The van der Waals surface area contributed by atoms with Crippen molar-refractivity contribution in [3.8, 4) is 22.0 Å². The average Bonchev–Trinajstić information content (AvgIpc) is 3.22. The van der Waals surface area contributed by atoms with Crippen molar-refractivity contribution in [1.82, 2.24) is 24.8 Å². The number of halogens is 1. The molecule has 27 heavy (non-hydrogen) atoms. The van der Waals surface area contributed by atoms with Gasteiger partial charge in [0.1, 0.15) is 16.4 Å². The van der Waals surface area contributed by atoms with Crippen LogP contribution in [0.4, 0.5) is 0 Å². The topological polar surface area (TPSA) is 56.0 Å². The zero-order chi connectivity index (χ0) is 18.5. The highest BCUT2D eigenvalue weighted by molar-refractivity contribution is 7.19. The molecule has 0 N–H and O–H groups in total. The molecule has 7 heteroatoms. The minimum atomic E-state index is 0.711. The van der Waals surface area contributed by atoms with Crippen molar-refractivity contribution in [2.75, 3.05) is 0 Å². The van der Waals surface area contributed by atoms with Crippen LogP contribution in [-0.2, 0) is 0 Å². The first-order valence-electron chi connectivity index (χ1n) is 8.45. The van der Waals surface area contributed by atoms with E-state index in [4.69, 9.17) is 16.6 Å². The fourth-order valence-corrected chi connectivity index (χ4v) is 4.12. The van der Waals surface area contributed by atoms with Gasteiger partial charge in [-0.05, 0) is 43.7 Å². The van der Waals surface area contributed by atoms with E-state index in [1.807, 2.05) is 42.6 Å². The van der Waals surface area contributed by atoms with Gasteiger partial charge in [-0.15, -0.1) is 10.2 Å². The molecule has 5 nitrogen and oxygen atoms in total. The second-order valence-electron chi connectivity index (χ2n) is 6.46. The van der Waals surface area contributed by atoms with Crippen LogP contribution in [0.15, 0.2) is 48.7 Å². The van der Waals surface area contributed by atoms with Gasteiger partial charge < -0.3 is 0 Å². The Morgan fingerprint density at radius 3 is 2.59 bits per heavy atom. The summed E-state index contributed by atoms with van der Waals surface area (Å²) in [7, 11) is 0. The maximum absolute atomic E-state index is 5.96. The van der Waals surface area contributed by atoms with E-state index in [-0.39, 0.29) is 0 Å². The number of aryl methyl sites for hydroxylation is 2. The average molecular weight is 392 g/mol. The van der Waals surface area contributed by atoms with Crippen LogP contribution in [0.3, 0.4) is 0 Å². The van der Waals surface area contributed by atoms with Crippen molar-refractivity contribution in [2.45, 2.75) is 13.8 Å². The molecular formula is C20H14ClN5S. The Kier molecular flexibility index (Phi) is 3.70. The lowest BCUT2D eigenvalue weighted by atomic mass is 10.1. The van der Waals surface area contributed by atoms with Crippen molar-refractivity contribution in [2.24, 2.45) is 0 Å². The third-order valence-electron chi connectivity index (χ3n) is 4.55. The van der Waals surface area contributed by atoms with Crippen LogP contribution < -0.4 is 0 Å². The summed E-state index contributed by atoms with van der Waals surface area (Å²) in [6.07, 6.45) is 1.91. The third kappa shape index (κ3) is 2.78. The smallest absolute Gasteiger partial charge is 0.213 e. The van der Waals surface area contributed by atoms with Crippen molar-refractivity contribution in [3.05, 3.63) is 64.8 Å². The maximum Gasteiger partial charge on any atom is 0.213 e. The number of fused-ring (bicyclic) bond motifs is 2. The van der Waals surface area contributed by atoms with Gasteiger partial charge in [-0.3, -0.25) is 0 Å². The lowest BCUT2D eigenvalue weighted by Gasteiger charge is -2.06. The Balaban J connectivity index is 1.60. The molecule has 0 radical (unpaired) electrons. The van der Waals surface area contributed by atoms with Gasteiger partial charge in [0.2, 0.25) is 4.96 Å². The summed E-state index contributed by atoms with van der Waals surface area (Å²) in [5.74, 6) is 0. The van der Waals surface area contributed by atoms with E-state index in [9.17, 15) is 0 Å². The van der Waals surface area contributed by atoms with Crippen LogP contribution in [0, 0.1) is 13.8 Å². The SMILES string of the molecule is Cc1ccc2nnc(-c3cn4nc(-c5ccc(Cl)cc5)sc4n3)c(C)c2c1. The molecule has 0 saturated carbocycles. The molecule has 0 aliphatic heterocycles. The molecule has 0 amide bonds. The number of hydrogen-bond donors (Lipinski definition) is 0. The van der Waals surface area contributed by atoms with E-state index < -0.39 is 0 Å². The summed E-state index contributed by atoms with van der Waals surface area (Å²) in [5, 5.41) is 16.1. The summed E-state index contributed by atoms with van der Waals surface area (Å²) >= 11 is 7.50. The van der Waals surface area contributed by atoms with Crippen molar-refractivity contribution in [3.63, 3.8) is 0 Å². The monoisotopic (exact) mass is 391 g/mol. The minimum absolute atomic E-state index is 0.711. The number of nitrogens with zero attached hydrogens (tertiary/aromatic N) is 5. The van der Waals surface area contributed by atoms with Gasteiger partial charge in [0.25, 0.3) is 0 Å². The fourth-order valence-electron chi connectivity index (χ4n) is 3.11. The Labute approximate surface area is 164 Å². The Bertz CT molecular complexity index is 1270. The Hall–Kier alpha value is -2.83. The lowest BCUT2D eigenvalue weighted by Crippen LogP contribution is -1.95. The molecule has 0 spiro atoms. The number of rotatable bonds is 2. The maximum atomic E-state index is 5.96. The fraction of sp³-hybridized carbons (Fsp3) is 0.100. The lowest BCUT2D eigenvalue weighted by molar-refractivity contribution is 0.977. The predicted molar refractivity (Wildman–Crippen MR) is 109 cm³/mol. The van der Waals surface area contributed by atoms with E-state index >= 15 is 0 Å². The van der Waals surface area contributed by atoms with Gasteiger partial charge in [0, 0.05) is 16.0 Å². The number of aromatic nitrogens is 5. The quantitative estimate of drug-likeness (QED) is 0.407. The molecule has 5 rings (SSSR count). The highest BCUT2D eigenvalue weighted by atomic mass is 35.5. The molecule has 0 atom stereocenters. The molecular weight excluding hydrogens is 378 g/mol. The second kappa shape index (κ2) is 6.11. The number of hydrogen-bond acceptors (Lipinski definition) is 5. The summed E-state index contributed by atoms with van der Waals surface area (Å²) in [6.45, 7) is 4.14. The van der Waals surface area contributed by atoms with Crippen LogP contribution in [0.5, 0.6) is 0 Å². The normalized spacial score (nSPS) is 11.5. The molecule has 0 bridgehead atoms. The van der Waals surface area contributed by atoms with E-state index in [0.717, 1.165) is 43.4 Å². The summed E-state index contributed by atoms with van der Waals surface area (Å²) in [4.78, 5) is 5.55. The molecule has 0 aliphatic rings. The molecule has 5 aromatic rings. The van der Waals surface area contributed by atoms with Gasteiger partial charge in [-0.25, -0.2) is 9.50 Å². The minimum Gasteiger partial charge on any atom is -0.216 e. The summed E-state index contributed by atoms with van der Waals surface area (Å²) in [6, 6.07) is 13.8. The highest BCUT2D eigenvalue weighted by Crippen LogP contribution is 2.30. The van der Waals surface area contributed by atoms with E-state index in [1.54, 1.807) is 4.52 Å². The van der Waals surface area contributed by atoms with Crippen LogP contribution in [-0.4, -0.2) is 24.8 Å². The first-order valence-corrected chi connectivity index (χ1v) is 9.64. The zero-order valence-corrected chi connectivity index (χ0v) is 16.2. The zero-order valence-electron chi connectivity index (χ0n) is 14.6. The van der Waals surface area contributed by atoms with Crippen LogP contribution >= 0.6 is 22.9 Å². The van der Waals surface area contributed by atoms with Gasteiger partial charge >= 0.3 is 0 Å². The Morgan fingerprint density at radius 1 is 1.00 bits per heavy atom. The third-order valence-corrected chi connectivity index (χ3v) is 5.77. The first kappa shape index (κ1) is 16.4. The van der Waals surface area contributed by atoms with E-state index in [2.05, 4.69) is 35.2 Å². The molecule has 0 fully saturated rings. The summed E-state index contributed by atoms with van der Waals surface area (Å²) < 4.78 is 1.80. The number of imidazole rings is 1. The van der Waals surface area contributed by atoms with Gasteiger partial charge in [0.15, 0.2) is 0 Å². The molecule has 0 saturated heterocycles. The predicted octanol–water partition coefficient (Wildman–Crippen LogP) is 5.34.